The van der Waals surface area contributed by atoms with Crippen LogP contribution in [0.25, 0.3) is 0 Å². The largest absolute Gasteiger partial charge is 0.440 e. The smallest absolute Gasteiger partial charge is 0.255 e. The molecule has 1 aromatic carbocycles. The van der Waals surface area contributed by atoms with Crippen molar-refractivity contribution in [3.8, 4) is 0 Å². The Hall–Kier alpha value is -1.26. The summed E-state index contributed by atoms with van der Waals surface area (Å²) in [6.07, 6.45) is 1.69. The van der Waals surface area contributed by atoms with Gasteiger partial charge in [0.15, 0.2) is 0 Å². The van der Waals surface area contributed by atoms with Crippen LogP contribution < -0.4 is 5.32 Å². The molecule has 0 saturated carbocycles. The SMILES string of the molecule is CNC(CSc1nc(C)co1)c1ccc(C(C)(C)C)cc1. The Morgan fingerprint density at radius 3 is 2.38 bits per heavy atom. The van der Waals surface area contributed by atoms with E-state index in [0.29, 0.717) is 0 Å². The summed E-state index contributed by atoms with van der Waals surface area (Å²) in [7, 11) is 1.99. The van der Waals surface area contributed by atoms with Crippen LogP contribution in [0.15, 0.2) is 40.2 Å². The van der Waals surface area contributed by atoms with Gasteiger partial charge in [-0.2, -0.15) is 0 Å². The fourth-order valence-corrected chi connectivity index (χ4v) is 3.11. The van der Waals surface area contributed by atoms with Crippen LogP contribution in [-0.4, -0.2) is 17.8 Å². The number of nitrogens with one attached hydrogen (secondary N) is 1. The van der Waals surface area contributed by atoms with Crippen molar-refractivity contribution in [3.05, 3.63) is 47.3 Å². The van der Waals surface area contributed by atoms with Gasteiger partial charge in [-0.1, -0.05) is 56.8 Å². The molecule has 0 aliphatic carbocycles. The van der Waals surface area contributed by atoms with E-state index in [1.807, 2.05) is 14.0 Å². The maximum Gasteiger partial charge on any atom is 0.255 e. The number of rotatable bonds is 5. The summed E-state index contributed by atoms with van der Waals surface area (Å²) < 4.78 is 5.38. The van der Waals surface area contributed by atoms with Gasteiger partial charge in [0.2, 0.25) is 0 Å². The van der Waals surface area contributed by atoms with Crippen LogP contribution >= 0.6 is 11.8 Å². The lowest BCUT2D eigenvalue weighted by atomic mass is 9.86. The molecule has 1 aromatic heterocycles. The van der Waals surface area contributed by atoms with Gasteiger partial charge in [-0.05, 0) is 30.5 Å². The van der Waals surface area contributed by atoms with Gasteiger partial charge in [-0.15, -0.1) is 0 Å². The van der Waals surface area contributed by atoms with Crippen molar-refractivity contribution < 1.29 is 4.42 Å². The Labute approximate surface area is 131 Å². The Morgan fingerprint density at radius 1 is 1.24 bits per heavy atom. The first-order chi connectivity index (χ1) is 9.90. The number of benzene rings is 1. The van der Waals surface area contributed by atoms with Crippen molar-refractivity contribution in [1.29, 1.82) is 0 Å². The van der Waals surface area contributed by atoms with Crippen molar-refractivity contribution in [1.82, 2.24) is 10.3 Å². The Balaban J connectivity index is 2.03. The van der Waals surface area contributed by atoms with Gasteiger partial charge < -0.3 is 9.73 Å². The summed E-state index contributed by atoms with van der Waals surface area (Å²) in [6.45, 7) is 8.64. The molecule has 2 rings (SSSR count). The van der Waals surface area contributed by atoms with Crippen molar-refractivity contribution in [2.24, 2.45) is 0 Å². The van der Waals surface area contributed by atoms with Crippen molar-refractivity contribution in [2.75, 3.05) is 12.8 Å². The molecule has 21 heavy (non-hydrogen) atoms. The molecule has 0 fully saturated rings. The lowest BCUT2D eigenvalue weighted by molar-refractivity contribution is 0.453. The first-order valence-corrected chi connectivity index (χ1v) is 8.21. The van der Waals surface area contributed by atoms with Crippen LogP contribution in [0.4, 0.5) is 0 Å². The molecule has 0 amide bonds. The third kappa shape index (κ3) is 4.35. The van der Waals surface area contributed by atoms with Gasteiger partial charge >= 0.3 is 0 Å². The van der Waals surface area contributed by atoms with Gasteiger partial charge in [-0.3, -0.25) is 0 Å². The van der Waals surface area contributed by atoms with Crippen molar-refractivity contribution >= 4 is 11.8 Å². The third-order valence-electron chi connectivity index (χ3n) is 3.50. The summed E-state index contributed by atoms with van der Waals surface area (Å²) in [6, 6.07) is 9.15. The molecule has 0 spiro atoms. The maximum atomic E-state index is 5.38. The highest BCUT2D eigenvalue weighted by molar-refractivity contribution is 7.99. The lowest BCUT2D eigenvalue weighted by Gasteiger charge is -2.21. The zero-order valence-electron chi connectivity index (χ0n) is 13.4. The summed E-state index contributed by atoms with van der Waals surface area (Å²) in [5.41, 5.74) is 3.77. The van der Waals surface area contributed by atoms with E-state index >= 15 is 0 Å². The van der Waals surface area contributed by atoms with E-state index in [0.717, 1.165) is 16.7 Å². The molecular weight excluding hydrogens is 280 g/mol. The molecule has 0 saturated heterocycles. The number of oxazole rings is 1. The minimum Gasteiger partial charge on any atom is -0.440 e. The number of hydrogen-bond acceptors (Lipinski definition) is 4. The Kier molecular flexibility index (Phi) is 5.12. The molecule has 0 bridgehead atoms. The summed E-state index contributed by atoms with van der Waals surface area (Å²) in [5, 5.41) is 4.10. The third-order valence-corrected chi connectivity index (χ3v) is 4.43. The van der Waals surface area contributed by atoms with Crippen LogP contribution in [0.1, 0.15) is 43.6 Å². The van der Waals surface area contributed by atoms with Crippen LogP contribution in [0.5, 0.6) is 0 Å². The van der Waals surface area contributed by atoms with E-state index < -0.39 is 0 Å². The van der Waals surface area contributed by atoms with Crippen LogP contribution in [-0.2, 0) is 5.41 Å². The van der Waals surface area contributed by atoms with E-state index in [9.17, 15) is 0 Å². The van der Waals surface area contributed by atoms with Gasteiger partial charge in [0.25, 0.3) is 5.22 Å². The van der Waals surface area contributed by atoms with Crippen LogP contribution in [0, 0.1) is 6.92 Å². The quantitative estimate of drug-likeness (QED) is 0.834. The van der Waals surface area contributed by atoms with Gasteiger partial charge in [0.05, 0.1) is 5.69 Å². The molecule has 114 valence electrons. The second-order valence-electron chi connectivity index (χ2n) is 6.28. The first-order valence-electron chi connectivity index (χ1n) is 7.23. The molecule has 1 unspecified atom stereocenters. The molecule has 1 atom stereocenters. The van der Waals surface area contributed by atoms with E-state index in [-0.39, 0.29) is 11.5 Å². The normalized spacial score (nSPS) is 13.4. The number of aryl methyl sites for hydroxylation is 1. The van der Waals surface area contributed by atoms with Crippen LogP contribution in [0.3, 0.4) is 0 Å². The monoisotopic (exact) mass is 304 g/mol. The van der Waals surface area contributed by atoms with Crippen molar-refractivity contribution in [3.63, 3.8) is 0 Å². The molecule has 1 N–H and O–H groups in total. The fourth-order valence-electron chi connectivity index (χ4n) is 2.11. The number of hydrogen-bond donors (Lipinski definition) is 1. The first kappa shape index (κ1) is 16.1. The highest BCUT2D eigenvalue weighted by atomic mass is 32.2. The molecular formula is C17H24N2OS. The second kappa shape index (κ2) is 6.67. The Morgan fingerprint density at radius 2 is 1.90 bits per heavy atom. The highest BCUT2D eigenvalue weighted by Crippen LogP contribution is 2.27. The van der Waals surface area contributed by atoms with Crippen LogP contribution in [0.2, 0.25) is 0 Å². The van der Waals surface area contributed by atoms with E-state index in [2.05, 4.69) is 55.3 Å². The average molecular weight is 304 g/mol. The summed E-state index contributed by atoms with van der Waals surface area (Å²) in [4.78, 5) is 4.33. The second-order valence-corrected chi connectivity index (χ2v) is 7.25. The topological polar surface area (TPSA) is 38.1 Å². The maximum absolute atomic E-state index is 5.38. The molecule has 0 aliphatic heterocycles. The molecule has 3 nitrogen and oxygen atoms in total. The standard InChI is InChI=1S/C17H24N2OS/c1-12-10-20-16(19-12)21-11-15(18-5)13-6-8-14(9-7-13)17(2,3)4/h6-10,15,18H,11H2,1-5H3. The zero-order chi connectivity index (χ0) is 15.5. The van der Waals surface area contributed by atoms with E-state index in [1.54, 1.807) is 18.0 Å². The Bertz CT molecular complexity index is 569. The number of nitrogens with zero attached hydrogens (tertiary/aromatic N) is 1. The van der Waals surface area contributed by atoms with Gasteiger partial charge in [0, 0.05) is 11.8 Å². The van der Waals surface area contributed by atoms with Crippen molar-refractivity contribution in [2.45, 2.75) is 44.4 Å². The van der Waals surface area contributed by atoms with Gasteiger partial charge in [0.1, 0.15) is 6.26 Å². The van der Waals surface area contributed by atoms with E-state index in [1.165, 1.54) is 11.1 Å². The van der Waals surface area contributed by atoms with E-state index in [4.69, 9.17) is 4.42 Å². The predicted octanol–water partition coefficient (Wildman–Crippen LogP) is 4.33. The fraction of sp³-hybridized carbons (Fsp3) is 0.471. The minimum atomic E-state index is 0.192. The van der Waals surface area contributed by atoms with Gasteiger partial charge in [-0.25, -0.2) is 4.98 Å². The molecule has 4 heteroatoms. The number of thioether (sulfide) groups is 1. The predicted molar refractivity (Wildman–Crippen MR) is 88.9 cm³/mol. The molecule has 2 aromatic rings. The number of aromatic nitrogens is 1. The molecule has 0 aliphatic rings. The molecule has 0 radical (unpaired) electrons. The summed E-state index contributed by atoms with van der Waals surface area (Å²) >= 11 is 1.64. The minimum absolute atomic E-state index is 0.192. The average Bonchev–Trinajstić information content (AvgIpc) is 2.85. The molecule has 1 heterocycles. The lowest BCUT2D eigenvalue weighted by Crippen LogP contribution is -2.19. The summed E-state index contributed by atoms with van der Waals surface area (Å²) in [5.74, 6) is 0.894. The highest BCUT2D eigenvalue weighted by Gasteiger charge is 2.16. The zero-order valence-corrected chi connectivity index (χ0v) is 14.3.